The van der Waals surface area contributed by atoms with Gasteiger partial charge < -0.3 is 15.7 Å². The first-order valence-electron chi connectivity index (χ1n) is 8.19. The first-order chi connectivity index (χ1) is 11.4. The number of piperidine rings is 1. The van der Waals surface area contributed by atoms with E-state index >= 15 is 0 Å². The molecule has 0 bridgehead atoms. The van der Waals surface area contributed by atoms with Crippen LogP contribution in [0.1, 0.15) is 25.3 Å². The van der Waals surface area contributed by atoms with Gasteiger partial charge in [0.05, 0.1) is 13.1 Å². The number of aliphatic hydroxyl groups is 1. The fourth-order valence-corrected chi connectivity index (χ4v) is 2.84. The summed E-state index contributed by atoms with van der Waals surface area (Å²) in [5.74, 6) is 0. The van der Waals surface area contributed by atoms with Gasteiger partial charge in [0, 0.05) is 19.1 Å². The zero-order chi connectivity index (χ0) is 17.6. The molecule has 1 aliphatic rings. The zero-order valence-electron chi connectivity index (χ0n) is 13.8. The van der Waals surface area contributed by atoms with Crippen LogP contribution in [0.5, 0.6) is 0 Å². The van der Waals surface area contributed by atoms with Gasteiger partial charge in [0.2, 0.25) is 0 Å². The molecule has 1 saturated heterocycles. The minimum atomic E-state index is -2.32. The Bertz CT molecular complexity index is 518. The first kappa shape index (κ1) is 18.6. The second kappa shape index (κ2) is 8.39. The van der Waals surface area contributed by atoms with Crippen LogP contribution in [0.3, 0.4) is 0 Å². The Kier molecular flexibility index (Phi) is 6.51. The average Bonchev–Trinajstić information content (AvgIpc) is 2.55. The monoisotopic (exact) mass is 341 g/mol. The maximum Gasteiger partial charge on any atom is 0.315 e. The summed E-state index contributed by atoms with van der Waals surface area (Å²) in [5, 5.41) is 16.0. The standard InChI is InChI=1S/C17H25F2N3O2/c1-17(24,13-5-3-2-4-6-13)12-20-16(23)21-14-7-9-22(10-8-14)11-15(18)19/h2-6,14-15,24H,7-12H2,1H3,(H2,20,21,23). The molecular formula is C17H25F2N3O2. The highest BCUT2D eigenvalue weighted by Gasteiger charge is 2.25. The summed E-state index contributed by atoms with van der Waals surface area (Å²) in [6.07, 6.45) is -1.03. The maximum atomic E-state index is 12.3. The largest absolute Gasteiger partial charge is 0.384 e. The predicted octanol–water partition coefficient (Wildman–Crippen LogP) is 1.92. The molecule has 0 saturated carbocycles. The van der Waals surface area contributed by atoms with E-state index in [9.17, 15) is 18.7 Å². The fourth-order valence-electron chi connectivity index (χ4n) is 2.84. The van der Waals surface area contributed by atoms with Gasteiger partial charge in [-0.05, 0) is 25.3 Å². The summed E-state index contributed by atoms with van der Waals surface area (Å²) >= 11 is 0. The quantitative estimate of drug-likeness (QED) is 0.741. The van der Waals surface area contributed by atoms with Crippen molar-refractivity contribution >= 4 is 6.03 Å². The molecule has 1 aliphatic heterocycles. The number of likely N-dealkylation sites (tertiary alicyclic amines) is 1. The van der Waals surface area contributed by atoms with Crippen molar-refractivity contribution in [2.75, 3.05) is 26.2 Å². The van der Waals surface area contributed by atoms with E-state index in [2.05, 4.69) is 10.6 Å². The van der Waals surface area contributed by atoms with Crippen LogP contribution in [-0.4, -0.2) is 54.7 Å². The Labute approximate surface area is 141 Å². The average molecular weight is 341 g/mol. The highest BCUT2D eigenvalue weighted by molar-refractivity contribution is 5.74. The van der Waals surface area contributed by atoms with Crippen molar-refractivity contribution in [3.63, 3.8) is 0 Å². The molecule has 2 rings (SSSR count). The van der Waals surface area contributed by atoms with Gasteiger partial charge in [-0.2, -0.15) is 0 Å². The molecule has 134 valence electrons. The summed E-state index contributed by atoms with van der Waals surface area (Å²) in [7, 11) is 0. The second-order valence-electron chi connectivity index (χ2n) is 6.43. The lowest BCUT2D eigenvalue weighted by molar-refractivity contribution is 0.0587. The highest BCUT2D eigenvalue weighted by atomic mass is 19.3. The molecule has 1 heterocycles. The zero-order valence-corrected chi connectivity index (χ0v) is 13.8. The van der Waals surface area contributed by atoms with Crippen molar-refractivity contribution in [1.29, 1.82) is 0 Å². The predicted molar refractivity (Wildman–Crippen MR) is 88.0 cm³/mol. The molecule has 3 N–H and O–H groups in total. The summed E-state index contributed by atoms with van der Waals surface area (Å²) in [6, 6.07) is 8.75. The Balaban J connectivity index is 1.72. The van der Waals surface area contributed by atoms with E-state index in [0.29, 0.717) is 25.9 Å². The molecule has 0 spiro atoms. The van der Waals surface area contributed by atoms with Crippen molar-refractivity contribution in [3.05, 3.63) is 35.9 Å². The van der Waals surface area contributed by atoms with Crippen molar-refractivity contribution in [3.8, 4) is 0 Å². The number of nitrogens with zero attached hydrogens (tertiary/aromatic N) is 1. The molecule has 2 amide bonds. The summed E-state index contributed by atoms with van der Waals surface area (Å²) < 4.78 is 24.7. The van der Waals surface area contributed by atoms with Crippen molar-refractivity contribution in [1.82, 2.24) is 15.5 Å². The van der Waals surface area contributed by atoms with Gasteiger partial charge in [0.15, 0.2) is 0 Å². The lowest BCUT2D eigenvalue weighted by Gasteiger charge is -2.32. The van der Waals surface area contributed by atoms with Gasteiger partial charge in [0.1, 0.15) is 5.60 Å². The third-order valence-electron chi connectivity index (χ3n) is 4.31. The van der Waals surface area contributed by atoms with Gasteiger partial charge in [-0.25, -0.2) is 13.6 Å². The van der Waals surface area contributed by atoms with Gasteiger partial charge in [0.25, 0.3) is 6.43 Å². The number of halogens is 2. The molecule has 7 heteroatoms. The number of rotatable bonds is 6. The summed E-state index contributed by atoms with van der Waals surface area (Å²) in [4.78, 5) is 13.7. The van der Waals surface area contributed by atoms with E-state index in [1.807, 2.05) is 18.2 Å². The summed E-state index contributed by atoms with van der Waals surface area (Å²) in [6.45, 7) is 2.63. The van der Waals surface area contributed by atoms with Crippen LogP contribution in [0, 0.1) is 0 Å². The molecule has 5 nitrogen and oxygen atoms in total. The SMILES string of the molecule is CC(O)(CNC(=O)NC1CCN(CC(F)F)CC1)c1ccccc1. The minimum absolute atomic E-state index is 0.0272. The maximum absolute atomic E-state index is 12.3. The second-order valence-corrected chi connectivity index (χ2v) is 6.43. The van der Waals surface area contributed by atoms with Crippen molar-refractivity contribution in [2.24, 2.45) is 0 Å². The smallest absolute Gasteiger partial charge is 0.315 e. The van der Waals surface area contributed by atoms with Crippen LogP contribution in [0.15, 0.2) is 30.3 Å². The number of amides is 2. The minimum Gasteiger partial charge on any atom is -0.384 e. The molecule has 0 radical (unpaired) electrons. The van der Waals surface area contributed by atoms with Crippen molar-refractivity contribution < 1.29 is 18.7 Å². The van der Waals surface area contributed by atoms with E-state index in [-0.39, 0.29) is 25.2 Å². The molecule has 1 aromatic carbocycles. The van der Waals surface area contributed by atoms with E-state index in [1.165, 1.54) is 0 Å². The van der Waals surface area contributed by atoms with Crippen molar-refractivity contribution in [2.45, 2.75) is 37.8 Å². The lowest BCUT2D eigenvalue weighted by Crippen LogP contribution is -2.50. The molecule has 0 aromatic heterocycles. The van der Waals surface area contributed by atoms with E-state index in [0.717, 1.165) is 5.56 Å². The molecule has 24 heavy (non-hydrogen) atoms. The van der Waals surface area contributed by atoms with Gasteiger partial charge >= 0.3 is 6.03 Å². The Hall–Kier alpha value is -1.73. The molecule has 1 atom stereocenters. The van der Waals surface area contributed by atoms with Crippen LogP contribution in [0.2, 0.25) is 0 Å². The Morgan fingerprint density at radius 1 is 1.33 bits per heavy atom. The molecule has 1 aromatic rings. The number of carbonyl (C=O) groups is 1. The Morgan fingerprint density at radius 2 is 1.96 bits per heavy atom. The van der Waals surface area contributed by atoms with E-state index < -0.39 is 12.0 Å². The van der Waals surface area contributed by atoms with Crippen LogP contribution >= 0.6 is 0 Å². The number of benzene rings is 1. The molecule has 1 unspecified atom stereocenters. The topological polar surface area (TPSA) is 64.6 Å². The lowest BCUT2D eigenvalue weighted by atomic mass is 9.96. The summed E-state index contributed by atoms with van der Waals surface area (Å²) in [5.41, 5.74) is -0.426. The first-order valence-corrected chi connectivity index (χ1v) is 8.19. The van der Waals surface area contributed by atoms with Crippen LogP contribution in [-0.2, 0) is 5.60 Å². The van der Waals surface area contributed by atoms with Gasteiger partial charge in [-0.1, -0.05) is 30.3 Å². The third kappa shape index (κ3) is 5.72. The van der Waals surface area contributed by atoms with Gasteiger partial charge in [-0.15, -0.1) is 0 Å². The van der Waals surface area contributed by atoms with Gasteiger partial charge in [-0.3, -0.25) is 4.90 Å². The fraction of sp³-hybridized carbons (Fsp3) is 0.588. The van der Waals surface area contributed by atoms with Crippen LogP contribution in [0.25, 0.3) is 0 Å². The van der Waals surface area contributed by atoms with E-state index in [4.69, 9.17) is 0 Å². The number of carbonyl (C=O) groups excluding carboxylic acids is 1. The molecule has 0 aliphatic carbocycles. The number of hydrogen-bond acceptors (Lipinski definition) is 3. The number of urea groups is 1. The van der Waals surface area contributed by atoms with E-state index in [1.54, 1.807) is 24.0 Å². The Morgan fingerprint density at radius 3 is 2.54 bits per heavy atom. The van der Waals surface area contributed by atoms with Crippen LogP contribution in [0.4, 0.5) is 13.6 Å². The number of nitrogens with one attached hydrogen (secondary N) is 2. The highest BCUT2D eigenvalue weighted by Crippen LogP contribution is 2.19. The number of alkyl halides is 2. The van der Waals surface area contributed by atoms with Crippen LogP contribution < -0.4 is 10.6 Å². The third-order valence-corrected chi connectivity index (χ3v) is 4.31. The molecular weight excluding hydrogens is 316 g/mol. The molecule has 1 fully saturated rings. The normalized spacial score (nSPS) is 19.0. The number of hydrogen-bond donors (Lipinski definition) is 3.